The zero-order valence-electron chi connectivity index (χ0n) is 11.9. The predicted molar refractivity (Wildman–Crippen MR) is 76.3 cm³/mol. The highest BCUT2D eigenvalue weighted by molar-refractivity contribution is 5.06. The van der Waals surface area contributed by atoms with Crippen LogP contribution in [0.5, 0.6) is 0 Å². The molecule has 0 radical (unpaired) electrons. The maximum Gasteiger partial charge on any atom is -0.0295 e. The number of allylic oxidation sites excluding steroid dienone is 2. The second kappa shape index (κ2) is 4.12. The molecule has 4 aliphatic carbocycles. The molecule has 0 amide bonds. The van der Waals surface area contributed by atoms with E-state index in [-0.39, 0.29) is 0 Å². The van der Waals surface area contributed by atoms with Gasteiger partial charge in [-0.3, -0.25) is 0 Å². The molecule has 0 aromatic carbocycles. The Kier molecular flexibility index (Phi) is 2.64. The zero-order chi connectivity index (χ0) is 12.2. The molecule has 0 heteroatoms. The molecule has 0 heterocycles. The van der Waals surface area contributed by atoms with Crippen LogP contribution in [0, 0.1) is 35.0 Å². The lowest BCUT2D eigenvalue weighted by atomic mass is 9.51. The van der Waals surface area contributed by atoms with Gasteiger partial charge >= 0.3 is 0 Å². The summed E-state index contributed by atoms with van der Waals surface area (Å²) in [6, 6.07) is 0. The molecule has 0 aliphatic heterocycles. The van der Waals surface area contributed by atoms with Gasteiger partial charge in [0.25, 0.3) is 0 Å². The van der Waals surface area contributed by atoms with Crippen LogP contribution >= 0.6 is 0 Å². The smallest absolute Gasteiger partial charge is 0.0295 e. The molecule has 100 valence electrons. The SMILES string of the molecule is C[C@@]12CCC[C@H]1[C@@H]1CC[C@H]3CC=CC[C@@H]3[C@H]1CC2. The Morgan fingerprint density at radius 2 is 1.72 bits per heavy atom. The van der Waals surface area contributed by atoms with Crippen molar-refractivity contribution in [3.05, 3.63) is 12.2 Å². The van der Waals surface area contributed by atoms with E-state index >= 15 is 0 Å². The van der Waals surface area contributed by atoms with E-state index in [1.807, 2.05) is 0 Å². The fourth-order valence-corrected chi connectivity index (χ4v) is 6.41. The molecular formula is C18H28. The summed E-state index contributed by atoms with van der Waals surface area (Å²) in [5, 5.41) is 0. The molecule has 3 saturated carbocycles. The Morgan fingerprint density at radius 1 is 0.833 bits per heavy atom. The van der Waals surface area contributed by atoms with Gasteiger partial charge in [-0.25, -0.2) is 0 Å². The monoisotopic (exact) mass is 244 g/mol. The minimum absolute atomic E-state index is 0.749. The summed E-state index contributed by atoms with van der Waals surface area (Å²) in [6.45, 7) is 2.62. The Morgan fingerprint density at radius 3 is 2.67 bits per heavy atom. The molecule has 0 N–H and O–H groups in total. The van der Waals surface area contributed by atoms with E-state index in [1.54, 1.807) is 32.1 Å². The summed E-state index contributed by atoms with van der Waals surface area (Å²) in [4.78, 5) is 0. The third-order valence-corrected chi connectivity index (χ3v) is 7.31. The van der Waals surface area contributed by atoms with E-state index in [9.17, 15) is 0 Å². The summed E-state index contributed by atoms with van der Waals surface area (Å²) in [7, 11) is 0. The first-order chi connectivity index (χ1) is 8.78. The number of hydrogen-bond donors (Lipinski definition) is 0. The van der Waals surface area contributed by atoms with E-state index in [1.165, 1.54) is 25.7 Å². The van der Waals surface area contributed by atoms with Crippen LogP contribution in [0.25, 0.3) is 0 Å². The molecular weight excluding hydrogens is 216 g/mol. The van der Waals surface area contributed by atoms with E-state index in [0.29, 0.717) is 0 Å². The largest absolute Gasteiger partial charge is 0.0882 e. The zero-order valence-corrected chi connectivity index (χ0v) is 11.9. The predicted octanol–water partition coefficient (Wildman–Crippen LogP) is 5.20. The standard InChI is InChI=1S/C18H28/c1-18-11-4-7-17(18)16-9-8-13-5-2-3-6-14(13)15(16)10-12-18/h2-3,13-17H,4-12H2,1H3/t13-,14+,15-,16-,17+,18+/m1/s1. The number of rotatable bonds is 0. The molecule has 0 spiro atoms. The average molecular weight is 244 g/mol. The Labute approximate surface area is 112 Å². The number of hydrogen-bond acceptors (Lipinski definition) is 0. The topological polar surface area (TPSA) is 0 Å². The first-order valence-corrected chi connectivity index (χ1v) is 8.43. The first-order valence-electron chi connectivity index (χ1n) is 8.43. The average Bonchev–Trinajstić information content (AvgIpc) is 2.80. The molecule has 4 rings (SSSR count). The van der Waals surface area contributed by atoms with Crippen molar-refractivity contribution in [2.45, 2.75) is 64.7 Å². The van der Waals surface area contributed by atoms with Crippen molar-refractivity contribution < 1.29 is 0 Å². The van der Waals surface area contributed by atoms with Crippen LogP contribution in [0.15, 0.2) is 12.2 Å². The van der Waals surface area contributed by atoms with E-state index in [4.69, 9.17) is 0 Å². The highest BCUT2D eigenvalue weighted by Gasteiger charge is 2.52. The lowest BCUT2D eigenvalue weighted by Crippen LogP contribution is -2.46. The molecule has 18 heavy (non-hydrogen) atoms. The highest BCUT2D eigenvalue weighted by atomic mass is 14.6. The van der Waals surface area contributed by atoms with E-state index in [2.05, 4.69) is 19.1 Å². The molecule has 0 nitrogen and oxygen atoms in total. The molecule has 0 unspecified atom stereocenters. The van der Waals surface area contributed by atoms with Crippen LogP contribution in [0.3, 0.4) is 0 Å². The maximum absolute atomic E-state index is 2.62. The minimum Gasteiger partial charge on any atom is -0.0882 e. The summed E-state index contributed by atoms with van der Waals surface area (Å²) < 4.78 is 0. The molecule has 6 atom stereocenters. The number of fused-ring (bicyclic) bond motifs is 5. The molecule has 0 saturated heterocycles. The minimum atomic E-state index is 0.749. The van der Waals surface area contributed by atoms with Gasteiger partial charge in [0.1, 0.15) is 0 Å². The molecule has 0 aromatic rings. The van der Waals surface area contributed by atoms with Crippen molar-refractivity contribution in [1.29, 1.82) is 0 Å². The van der Waals surface area contributed by atoms with Crippen LogP contribution in [0.1, 0.15) is 64.7 Å². The maximum atomic E-state index is 2.62. The van der Waals surface area contributed by atoms with Crippen LogP contribution < -0.4 is 0 Å². The van der Waals surface area contributed by atoms with Gasteiger partial charge in [0, 0.05) is 0 Å². The van der Waals surface area contributed by atoms with Crippen molar-refractivity contribution in [3.8, 4) is 0 Å². The van der Waals surface area contributed by atoms with Crippen LogP contribution in [0.2, 0.25) is 0 Å². The quantitative estimate of drug-likeness (QED) is 0.514. The van der Waals surface area contributed by atoms with E-state index in [0.717, 1.165) is 35.0 Å². The van der Waals surface area contributed by atoms with Crippen molar-refractivity contribution >= 4 is 0 Å². The fraction of sp³-hybridized carbons (Fsp3) is 0.889. The third-order valence-electron chi connectivity index (χ3n) is 7.31. The summed E-state index contributed by atoms with van der Waals surface area (Å²) in [6.07, 6.45) is 18.6. The Bertz CT molecular complexity index is 355. The third kappa shape index (κ3) is 1.57. The van der Waals surface area contributed by atoms with Crippen molar-refractivity contribution in [3.63, 3.8) is 0 Å². The molecule has 4 aliphatic rings. The van der Waals surface area contributed by atoms with Crippen molar-refractivity contribution in [2.24, 2.45) is 35.0 Å². The normalized spacial score (nSPS) is 54.6. The van der Waals surface area contributed by atoms with Gasteiger partial charge in [0.2, 0.25) is 0 Å². The van der Waals surface area contributed by atoms with Gasteiger partial charge in [0.05, 0.1) is 0 Å². The van der Waals surface area contributed by atoms with Gasteiger partial charge < -0.3 is 0 Å². The van der Waals surface area contributed by atoms with Gasteiger partial charge in [-0.1, -0.05) is 25.5 Å². The van der Waals surface area contributed by atoms with Crippen molar-refractivity contribution in [2.75, 3.05) is 0 Å². The molecule has 3 fully saturated rings. The first kappa shape index (κ1) is 11.6. The molecule has 0 bridgehead atoms. The lowest BCUT2D eigenvalue weighted by molar-refractivity contribution is -0.0374. The van der Waals surface area contributed by atoms with Gasteiger partial charge in [-0.05, 0) is 86.4 Å². The van der Waals surface area contributed by atoms with Crippen molar-refractivity contribution in [1.82, 2.24) is 0 Å². The van der Waals surface area contributed by atoms with Gasteiger partial charge in [-0.15, -0.1) is 0 Å². The van der Waals surface area contributed by atoms with Gasteiger partial charge in [0.15, 0.2) is 0 Å². The van der Waals surface area contributed by atoms with Gasteiger partial charge in [-0.2, -0.15) is 0 Å². The second-order valence-electron chi connectivity index (χ2n) is 7.96. The fourth-order valence-electron chi connectivity index (χ4n) is 6.41. The Hall–Kier alpha value is -0.260. The summed E-state index contributed by atoms with van der Waals surface area (Å²) in [5.74, 6) is 5.44. The summed E-state index contributed by atoms with van der Waals surface area (Å²) in [5.41, 5.74) is 0.749. The molecule has 0 aromatic heterocycles. The van der Waals surface area contributed by atoms with Crippen LogP contribution in [-0.4, -0.2) is 0 Å². The Balaban J connectivity index is 1.61. The van der Waals surface area contributed by atoms with E-state index < -0.39 is 0 Å². The second-order valence-corrected chi connectivity index (χ2v) is 7.96. The van der Waals surface area contributed by atoms with Crippen LogP contribution in [-0.2, 0) is 0 Å². The summed E-state index contributed by atoms with van der Waals surface area (Å²) >= 11 is 0. The van der Waals surface area contributed by atoms with Crippen LogP contribution in [0.4, 0.5) is 0 Å². The highest BCUT2D eigenvalue weighted by Crippen LogP contribution is 2.61. The lowest BCUT2D eigenvalue weighted by Gasteiger charge is -2.54.